The van der Waals surface area contributed by atoms with Gasteiger partial charge in [0.15, 0.2) is 0 Å². The first-order valence-electron chi connectivity index (χ1n) is 12.5. The second-order valence-electron chi connectivity index (χ2n) is 9.75. The van der Waals surface area contributed by atoms with Crippen LogP contribution in [0.15, 0.2) is 43.0 Å². The molecule has 4 aromatic heterocycles. The Balaban J connectivity index is 1.25. The van der Waals surface area contributed by atoms with Gasteiger partial charge in [0.2, 0.25) is 5.95 Å². The third-order valence-corrected chi connectivity index (χ3v) is 8.50. The van der Waals surface area contributed by atoms with E-state index in [1.54, 1.807) is 0 Å². The highest BCUT2D eigenvalue weighted by Gasteiger charge is 2.23. The molecule has 2 fully saturated rings. The number of aromatic nitrogens is 5. The van der Waals surface area contributed by atoms with Gasteiger partial charge in [-0.25, -0.2) is 9.97 Å². The van der Waals surface area contributed by atoms with Crippen LogP contribution in [0.2, 0.25) is 0 Å². The van der Waals surface area contributed by atoms with Crippen molar-refractivity contribution in [1.29, 1.82) is 0 Å². The predicted octanol–water partition coefficient (Wildman–Crippen LogP) is 4.72. The summed E-state index contributed by atoms with van der Waals surface area (Å²) in [4.78, 5) is 23.4. The molecule has 9 heteroatoms. The highest BCUT2D eigenvalue weighted by atomic mass is 32.2. The van der Waals surface area contributed by atoms with Crippen LogP contribution >= 0.6 is 11.8 Å². The number of thioether (sulfide) groups is 1. The van der Waals surface area contributed by atoms with Crippen LogP contribution in [-0.2, 0) is 0 Å². The maximum Gasteiger partial charge on any atom is 0.230 e. The minimum absolute atomic E-state index is 0.442. The lowest BCUT2D eigenvalue weighted by Crippen LogP contribution is -2.42. The zero-order chi connectivity index (χ0) is 23.8. The van der Waals surface area contributed by atoms with Crippen molar-refractivity contribution in [3.8, 4) is 0 Å². The topological polar surface area (TPSA) is 75.0 Å². The molecule has 0 amide bonds. The van der Waals surface area contributed by atoms with Crippen LogP contribution in [0, 0.1) is 0 Å². The van der Waals surface area contributed by atoms with Crippen molar-refractivity contribution in [3.63, 3.8) is 0 Å². The van der Waals surface area contributed by atoms with E-state index in [1.165, 1.54) is 35.4 Å². The highest BCUT2D eigenvalue weighted by molar-refractivity contribution is 7.99. The van der Waals surface area contributed by atoms with Crippen molar-refractivity contribution >= 4 is 51.2 Å². The number of nitrogens with zero attached hydrogens (tertiary/aromatic N) is 7. The van der Waals surface area contributed by atoms with Gasteiger partial charge in [-0.1, -0.05) is 0 Å². The number of fused-ring (bicyclic) bond motifs is 3. The lowest BCUT2D eigenvalue weighted by molar-refractivity contribution is 0.249. The number of hydrogen-bond donors (Lipinski definition) is 1. The first kappa shape index (κ1) is 22.5. The molecule has 8 nitrogen and oxygen atoms in total. The van der Waals surface area contributed by atoms with Crippen LogP contribution in [0.5, 0.6) is 0 Å². The molecule has 0 bridgehead atoms. The third-order valence-electron chi connectivity index (χ3n) is 7.45. The van der Waals surface area contributed by atoms with E-state index in [0.717, 1.165) is 48.3 Å². The Morgan fingerprint density at radius 2 is 1.77 bits per heavy atom. The van der Waals surface area contributed by atoms with Gasteiger partial charge >= 0.3 is 0 Å². The number of nitrogens with one attached hydrogen (secondary N) is 1. The zero-order valence-corrected chi connectivity index (χ0v) is 21.2. The SMILES string of the molecule is CN(C)C1CCN(c2ccc(Nc3ncc4c5ccncc5n(C5CCSCC5)c4n3)nc2)CC1. The Hall–Kier alpha value is -2.91. The molecule has 2 aliphatic heterocycles. The molecule has 2 saturated heterocycles. The van der Waals surface area contributed by atoms with E-state index >= 15 is 0 Å². The fourth-order valence-corrected chi connectivity index (χ4v) is 6.52. The molecule has 35 heavy (non-hydrogen) atoms. The van der Waals surface area contributed by atoms with E-state index in [1.807, 2.05) is 42.6 Å². The van der Waals surface area contributed by atoms with Crippen LogP contribution in [0.1, 0.15) is 31.7 Å². The Labute approximate surface area is 210 Å². The fraction of sp³-hybridized carbons (Fsp3) is 0.462. The monoisotopic (exact) mass is 488 g/mol. The Bertz CT molecular complexity index is 1300. The number of hydrogen-bond acceptors (Lipinski definition) is 8. The number of piperidine rings is 1. The molecule has 0 atom stereocenters. The molecule has 1 N–H and O–H groups in total. The van der Waals surface area contributed by atoms with Crippen molar-refractivity contribution in [2.24, 2.45) is 0 Å². The Morgan fingerprint density at radius 3 is 2.51 bits per heavy atom. The predicted molar refractivity (Wildman–Crippen MR) is 145 cm³/mol. The van der Waals surface area contributed by atoms with Crippen molar-refractivity contribution in [3.05, 3.63) is 43.0 Å². The molecule has 0 aliphatic carbocycles. The fourth-order valence-electron chi connectivity index (χ4n) is 5.44. The smallest absolute Gasteiger partial charge is 0.230 e. The molecule has 0 aromatic carbocycles. The molecule has 0 unspecified atom stereocenters. The Morgan fingerprint density at radius 1 is 0.943 bits per heavy atom. The van der Waals surface area contributed by atoms with Crippen LogP contribution in [-0.4, -0.2) is 74.1 Å². The van der Waals surface area contributed by atoms with Crippen LogP contribution in [0.25, 0.3) is 21.9 Å². The van der Waals surface area contributed by atoms with Crippen molar-refractivity contribution < 1.29 is 0 Å². The van der Waals surface area contributed by atoms with Crippen molar-refractivity contribution in [2.45, 2.75) is 37.8 Å². The van der Waals surface area contributed by atoms with Crippen LogP contribution < -0.4 is 10.2 Å². The van der Waals surface area contributed by atoms with E-state index in [0.29, 0.717) is 18.0 Å². The summed E-state index contributed by atoms with van der Waals surface area (Å²) in [6, 6.07) is 7.36. The summed E-state index contributed by atoms with van der Waals surface area (Å²) >= 11 is 2.04. The molecule has 182 valence electrons. The van der Waals surface area contributed by atoms with Gasteiger partial charge in [-0.3, -0.25) is 4.98 Å². The van der Waals surface area contributed by atoms with Gasteiger partial charge in [0.1, 0.15) is 11.5 Å². The standard InChI is InChI=1S/C26H32N8S/c1-32(2)18-6-11-33(12-7-18)20-3-4-24(28-15-20)30-26-29-16-22-21-5-10-27-17-23(21)34(25(22)31-26)19-8-13-35-14-9-19/h3-5,10,15-19H,6-9,11-14H2,1-2H3,(H,28,29,30,31). The van der Waals surface area contributed by atoms with E-state index in [2.05, 4.69) is 60.9 Å². The summed E-state index contributed by atoms with van der Waals surface area (Å²) in [5.41, 5.74) is 3.29. The van der Waals surface area contributed by atoms with Gasteiger partial charge in [-0.2, -0.15) is 16.7 Å². The average molecular weight is 489 g/mol. The summed E-state index contributed by atoms with van der Waals surface area (Å²) in [6.45, 7) is 2.13. The molecule has 0 radical (unpaired) electrons. The van der Waals surface area contributed by atoms with Gasteiger partial charge in [-0.05, 0) is 69.5 Å². The summed E-state index contributed by atoms with van der Waals surface area (Å²) < 4.78 is 2.39. The second kappa shape index (κ2) is 9.62. The van der Waals surface area contributed by atoms with Crippen LogP contribution in [0.4, 0.5) is 17.5 Å². The molecule has 0 saturated carbocycles. The van der Waals surface area contributed by atoms with Gasteiger partial charge in [-0.15, -0.1) is 0 Å². The largest absolute Gasteiger partial charge is 0.370 e. The Kier molecular flexibility index (Phi) is 6.20. The average Bonchev–Trinajstić information content (AvgIpc) is 3.23. The van der Waals surface area contributed by atoms with E-state index in [-0.39, 0.29) is 0 Å². The van der Waals surface area contributed by atoms with Crippen molar-refractivity contribution in [1.82, 2.24) is 29.4 Å². The summed E-state index contributed by atoms with van der Waals surface area (Å²) in [7, 11) is 4.35. The lowest BCUT2D eigenvalue weighted by atomic mass is 10.0. The third kappa shape index (κ3) is 4.43. The first-order valence-corrected chi connectivity index (χ1v) is 13.7. The molecule has 6 rings (SSSR count). The number of pyridine rings is 2. The van der Waals surface area contributed by atoms with Gasteiger partial charge in [0.05, 0.1) is 23.6 Å². The summed E-state index contributed by atoms with van der Waals surface area (Å²) in [5.74, 6) is 3.71. The number of anilines is 3. The zero-order valence-electron chi connectivity index (χ0n) is 20.4. The van der Waals surface area contributed by atoms with Gasteiger partial charge < -0.3 is 19.7 Å². The maximum absolute atomic E-state index is 4.97. The maximum atomic E-state index is 4.97. The first-order chi connectivity index (χ1) is 17.2. The van der Waals surface area contributed by atoms with Gasteiger partial charge in [0.25, 0.3) is 0 Å². The lowest BCUT2D eigenvalue weighted by Gasteiger charge is -2.36. The van der Waals surface area contributed by atoms with E-state index in [4.69, 9.17) is 4.98 Å². The minimum Gasteiger partial charge on any atom is -0.370 e. The molecular formula is C26H32N8S. The molecular weight excluding hydrogens is 456 g/mol. The van der Waals surface area contributed by atoms with E-state index < -0.39 is 0 Å². The van der Waals surface area contributed by atoms with Crippen molar-refractivity contribution in [2.75, 3.05) is 48.9 Å². The highest BCUT2D eigenvalue weighted by Crippen LogP contribution is 2.36. The summed E-state index contributed by atoms with van der Waals surface area (Å²) in [5, 5.41) is 5.58. The second-order valence-corrected chi connectivity index (χ2v) is 11.0. The summed E-state index contributed by atoms with van der Waals surface area (Å²) in [6.07, 6.45) is 12.4. The van der Waals surface area contributed by atoms with E-state index in [9.17, 15) is 0 Å². The quantitative estimate of drug-likeness (QED) is 0.433. The number of rotatable bonds is 5. The minimum atomic E-state index is 0.442. The van der Waals surface area contributed by atoms with Gasteiger partial charge in [0, 0.05) is 48.3 Å². The molecule has 2 aliphatic rings. The normalized spacial score (nSPS) is 18.1. The molecule has 0 spiro atoms. The van der Waals surface area contributed by atoms with Crippen LogP contribution in [0.3, 0.4) is 0 Å². The molecule has 4 aromatic rings. The molecule has 6 heterocycles.